The van der Waals surface area contributed by atoms with Gasteiger partial charge < -0.3 is 0 Å². The van der Waals surface area contributed by atoms with E-state index >= 15 is 0 Å². The SMILES string of the molecule is Cc1ccccc1-c1cc(C(C)C)c(-c2ccccc2)c[n+]1C. The summed E-state index contributed by atoms with van der Waals surface area (Å²) >= 11 is 0. The van der Waals surface area contributed by atoms with Crippen molar-refractivity contribution in [1.29, 1.82) is 0 Å². The molecule has 0 aliphatic rings. The van der Waals surface area contributed by atoms with E-state index in [-0.39, 0.29) is 0 Å². The predicted molar refractivity (Wildman–Crippen MR) is 97.3 cm³/mol. The van der Waals surface area contributed by atoms with Gasteiger partial charge in [-0.1, -0.05) is 62.4 Å². The maximum absolute atomic E-state index is 2.36. The Kier molecular flexibility index (Phi) is 4.29. The lowest BCUT2D eigenvalue weighted by Gasteiger charge is -2.14. The van der Waals surface area contributed by atoms with Gasteiger partial charge in [0, 0.05) is 17.2 Å². The standard InChI is InChI=1S/C22H24N/c1-16(2)20-14-22(19-13-9-8-10-17(19)3)23(4)15-21(20)18-11-6-5-7-12-18/h5-16H,1-4H3/q+1. The second-order valence-corrected chi connectivity index (χ2v) is 6.47. The molecule has 0 bridgehead atoms. The fourth-order valence-corrected chi connectivity index (χ4v) is 3.13. The van der Waals surface area contributed by atoms with Crippen molar-refractivity contribution in [3.05, 3.63) is 78.0 Å². The van der Waals surface area contributed by atoms with Crippen molar-refractivity contribution in [2.45, 2.75) is 26.7 Å². The first-order valence-electron chi connectivity index (χ1n) is 8.23. The molecule has 116 valence electrons. The van der Waals surface area contributed by atoms with Crippen LogP contribution in [0.5, 0.6) is 0 Å². The molecule has 1 heterocycles. The number of nitrogens with zero attached hydrogens (tertiary/aromatic N) is 1. The Labute approximate surface area is 139 Å². The monoisotopic (exact) mass is 302 g/mol. The van der Waals surface area contributed by atoms with E-state index < -0.39 is 0 Å². The van der Waals surface area contributed by atoms with Gasteiger partial charge in [-0.05, 0) is 35.6 Å². The van der Waals surface area contributed by atoms with Gasteiger partial charge in [0.25, 0.3) is 0 Å². The molecule has 1 aromatic heterocycles. The maximum Gasteiger partial charge on any atom is 0.212 e. The van der Waals surface area contributed by atoms with E-state index in [4.69, 9.17) is 0 Å². The van der Waals surface area contributed by atoms with Crippen molar-refractivity contribution in [3.8, 4) is 22.4 Å². The molecule has 1 heteroatoms. The van der Waals surface area contributed by atoms with Crippen molar-refractivity contribution in [1.82, 2.24) is 0 Å². The zero-order valence-corrected chi connectivity index (χ0v) is 14.4. The second-order valence-electron chi connectivity index (χ2n) is 6.47. The summed E-state index contributed by atoms with van der Waals surface area (Å²) in [7, 11) is 2.14. The summed E-state index contributed by atoms with van der Waals surface area (Å²) in [5, 5.41) is 0. The third-order valence-electron chi connectivity index (χ3n) is 4.43. The van der Waals surface area contributed by atoms with Crippen LogP contribution in [0.1, 0.15) is 30.9 Å². The first-order chi connectivity index (χ1) is 11.1. The summed E-state index contributed by atoms with van der Waals surface area (Å²) in [6.45, 7) is 6.71. The van der Waals surface area contributed by atoms with Crippen LogP contribution in [0.3, 0.4) is 0 Å². The highest BCUT2D eigenvalue weighted by Gasteiger charge is 2.19. The Morgan fingerprint density at radius 1 is 0.826 bits per heavy atom. The van der Waals surface area contributed by atoms with E-state index in [1.54, 1.807) is 0 Å². The van der Waals surface area contributed by atoms with Gasteiger partial charge in [-0.15, -0.1) is 0 Å². The number of pyridine rings is 1. The zero-order chi connectivity index (χ0) is 16.4. The third-order valence-corrected chi connectivity index (χ3v) is 4.43. The van der Waals surface area contributed by atoms with Crippen LogP contribution in [0.15, 0.2) is 66.9 Å². The molecule has 0 N–H and O–H groups in total. The fraction of sp³-hybridized carbons (Fsp3) is 0.227. The largest absolute Gasteiger partial charge is 0.212 e. The van der Waals surface area contributed by atoms with E-state index in [1.165, 1.54) is 33.5 Å². The molecule has 0 saturated heterocycles. The van der Waals surface area contributed by atoms with Crippen LogP contribution in [-0.4, -0.2) is 0 Å². The predicted octanol–water partition coefficient (Wildman–Crippen LogP) is 5.28. The van der Waals surface area contributed by atoms with E-state index in [2.05, 4.69) is 99.2 Å². The quantitative estimate of drug-likeness (QED) is 0.580. The summed E-state index contributed by atoms with van der Waals surface area (Å²) in [6.07, 6.45) is 2.27. The van der Waals surface area contributed by atoms with Crippen LogP contribution in [-0.2, 0) is 7.05 Å². The summed E-state index contributed by atoms with van der Waals surface area (Å²) in [5.74, 6) is 0.481. The molecular weight excluding hydrogens is 278 g/mol. The molecule has 0 aliphatic heterocycles. The minimum atomic E-state index is 0.481. The minimum Gasteiger partial charge on any atom is -0.200 e. The van der Waals surface area contributed by atoms with Gasteiger partial charge in [0.2, 0.25) is 5.69 Å². The topological polar surface area (TPSA) is 3.88 Å². The number of rotatable bonds is 3. The lowest BCUT2D eigenvalue weighted by Crippen LogP contribution is -2.31. The van der Waals surface area contributed by atoms with E-state index in [0.29, 0.717) is 5.92 Å². The Hall–Kier alpha value is -2.41. The molecule has 3 aromatic rings. The molecule has 0 spiro atoms. The van der Waals surface area contributed by atoms with Crippen molar-refractivity contribution < 1.29 is 4.57 Å². The molecule has 0 radical (unpaired) electrons. The van der Waals surface area contributed by atoms with Crippen LogP contribution >= 0.6 is 0 Å². The van der Waals surface area contributed by atoms with Crippen molar-refractivity contribution in [2.24, 2.45) is 7.05 Å². The van der Waals surface area contributed by atoms with E-state index in [9.17, 15) is 0 Å². The lowest BCUT2D eigenvalue weighted by atomic mass is 9.92. The van der Waals surface area contributed by atoms with Crippen molar-refractivity contribution in [3.63, 3.8) is 0 Å². The average Bonchev–Trinajstić information content (AvgIpc) is 2.56. The Balaban J connectivity index is 2.23. The highest BCUT2D eigenvalue weighted by Crippen LogP contribution is 2.31. The van der Waals surface area contributed by atoms with Gasteiger partial charge in [-0.3, -0.25) is 0 Å². The Bertz CT molecular complexity index is 817. The van der Waals surface area contributed by atoms with Crippen LogP contribution in [0, 0.1) is 6.92 Å². The summed E-state index contributed by atoms with van der Waals surface area (Å²) in [6, 6.07) is 21.6. The molecule has 23 heavy (non-hydrogen) atoms. The van der Waals surface area contributed by atoms with Gasteiger partial charge >= 0.3 is 0 Å². The van der Waals surface area contributed by atoms with Gasteiger partial charge in [-0.2, -0.15) is 0 Å². The molecule has 0 unspecified atom stereocenters. The maximum atomic E-state index is 2.36. The van der Waals surface area contributed by atoms with E-state index in [0.717, 1.165) is 0 Å². The van der Waals surface area contributed by atoms with Crippen molar-refractivity contribution in [2.75, 3.05) is 0 Å². The highest BCUT2D eigenvalue weighted by molar-refractivity contribution is 5.70. The molecule has 2 aromatic carbocycles. The summed E-state index contributed by atoms with van der Waals surface area (Å²) in [4.78, 5) is 0. The van der Waals surface area contributed by atoms with Gasteiger partial charge in [0.1, 0.15) is 7.05 Å². The van der Waals surface area contributed by atoms with Gasteiger partial charge in [-0.25, -0.2) is 4.57 Å². The zero-order valence-electron chi connectivity index (χ0n) is 14.4. The molecule has 1 nitrogen and oxygen atoms in total. The summed E-state index contributed by atoms with van der Waals surface area (Å²) < 4.78 is 2.25. The number of hydrogen-bond acceptors (Lipinski definition) is 0. The molecule has 0 atom stereocenters. The van der Waals surface area contributed by atoms with Crippen LogP contribution < -0.4 is 4.57 Å². The molecule has 3 rings (SSSR count). The van der Waals surface area contributed by atoms with Crippen LogP contribution in [0.25, 0.3) is 22.4 Å². The van der Waals surface area contributed by atoms with Gasteiger partial charge in [0.05, 0.1) is 0 Å². The second kappa shape index (κ2) is 6.37. The first-order valence-corrected chi connectivity index (χ1v) is 8.23. The Morgan fingerprint density at radius 2 is 1.48 bits per heavy atom. The molecule has 0 aliphatic carbocycles. The molecular formula is C22H24N+. The lowest BCUT2D eigenvalue weighted by molar-refractivity contribution is -0.660. The normalized spacial score (nSPS) is 11.0. The number of aromatic nitrogens is 1. The van der Waals surface area contributed by atoms with Crippen molar-refractivity contribution >= 4 is 0 Å². The average molecular weight is 302 g/mol. The molecule has 0 fully saturated rings. The third kappa shape index (κ3) is 3.05. The molecule has 0 saturated carbocycles. The number of aryl methyl sites for hydroxylation is 2. The fourth-order valence-electron chi connectivity index (χ4n) is 3.13. The smallest absolute Gasteiger partial charge is 0.200 e. The number of hydrogen-bond donors (Lipinski definition) is 0. The van der Waals surface area contributed by atoms with E-state index in [1.807, 2.05) is 0 Å². The molecule has 0 amide bonds. The summed E-state index contributed by atoms with van der Waals surface area (Å²) in [5.41, 5.74) is 7.88. The minimum absolute atomic E-state index is 0.481. The first kappa shape index (κ1) is 15.5. The number of benzene rings is 2. The van der Waals surface area contributed by atoms with Crippen LogP contribution in [0.4, 0.5) is 0 Å². The Morgan fingerprint density at radius 3 is 2.13 bits per heavy atom. The van der Waals surface area contributed by atoms with Gasteiger partial charge in [0.15, 0.2) is 6.20 Å². The highest BCUT2D eigenvalue weighted by atomic mass is 14.9. The van der Waals surface area contributed by atoms with Crippen LogP contribution in [0.2, 0.25) is 0 Å².